The Kier molecular flexibility index (Phi) is 7.54. The fourth-order valence-electron chi connectivity index (χ4n) is 4.51. The van der Waals surface area contributed by atoms with Crippen LogP contribution in [0.4, 0.5) is 0 Å². The number of nitrogens with zero attached hydrogens (tertiary/aromatic N) is 5. The van der Waals surface area contributed by atoms with Crippen molar-refractivity contribution in [3.63, 3.8) is 0 Å². The summed E-state index contributed by atoms with van der Waals surface area (Å²) >= 11 is 0. The molecule has 30 heavy (non-hydrogen) atoms. The molecule has 0 aliphatic carbocycles. The fourth-order valence-corrected chi connectivity index (χ4v) is 5.39. The summed E-state index contributed by atoms with van der Waals surface area (Å²) in [6.45, 7) is 8.51. The van der Waals surface area contributed by atoms with Crippen LogP contribution < -0.4 is 0 Å². The van der Waals surface area contributed by atoms with Crippen molar-refractivity contribution in [1.29, 1.82) is 0 Å². The lowest BCUT2D eigenvalue weighted by Gasteiger charge is -2.39. The Morgan fingerprint density at radius 3 is 2.50 bits per heavy atom. The molecular formula is C20H35N5O4S. The summed E-state index contributed by atoms with van der Waals surface area (Å²) in [6.07, 6.45) is 5.63. The van der Waals surface area contributed by atoms with Crippen LogP contribution in [-0.2, 0) is 21.3 Å². The number of rotatable bonds is 8. The van der Waals surface area contributed by atoms with Gasteiger partial charge in [0.15, 0.2) is 0 Å². The average molecular weight is 442 g/mol. The highest BCUT2D eigenvalue weighted by molar-refractivity contribution is 7.88. The Morgan fingerprint density at radius 1 is 1.23 bits per heavy atom. The van der Waals surface area contributed by atoms with Crippen LogP contribution >= 0.6 is 0 Å². The minimum absolute atomic E-state index is 0.0247. The van der Waals surface area contributed by atoms with Crippen LogP contribution in [-0.4, -0.2) is 103 Å². The van der Waals surface area contributed by atoms with Gasteiger partial charge in [-0.1, -0.05) is 0 Å². The van der Waals surface area contributed by atoms with E-state index in [0.717, 1.165) is 51.3 Å². The second kappa shape index (κ2) is 9.76. The minimum Gasteiger partial charge on any atom is -0.381 e. The molecule has 1 atom stereocenters. The molecule has 2 aliphatic rings. The van der Waals surface area contributed by atoms with Gasteiger partial charge < -0.3 is 9.64 Å². The van der Waals surface area contributed by atoms with E-state index in [1.165, 1.54) is 6.26 Å². The van der Waals surface area contributed by atoms with Crippen LogP contribution in [0, 0.1) is 6.92 Å². The standard InChI is InChI=1S/C20H35N5O4S/c1-5-25-16(2)19(14-21-25)20(26)22(3)10-11-24(17-7-12-29-13-8-17)18-6-9-23(15-18)30(4,27)28/h14,17-18H,5-13,15H2,1-4H3. The van der Waals surface area contributed by atoms with Crippen molar-refractivity contribution in [3.8, 4) is 0 Å². The zero-order valence-electron chi connectivity index (χ0n) is 18.6. The Hall–Kier alpha value is -1.49. The van der Waals surface area contributed by atoms with Gasteiger partial charge in [-0.15, -0.1) is 0 Å². The van der Waals surface area contributed by atoms with E-state index < -0.39 is 10.0 Å². The van der Waals surface area contributed by atoms with Gasteiger partial charge in [0.25, 0.3) is 5.91 Å². The summed E-state index contributed by atoms with van der Waals surface area (Å²) in [4.78, 5) is 17.1. The molecule has 3 rings (SSSR count). The first-order chi connectivity index (χ1) is 14.2. The lowest BCUT2D eigenvalue weighted by Crippen LogP contribution is -2.50. The van der Waals surface area contributed by atoms with E-state index in [1.807, 2.05) is 25.6 Å². The van der Waals surface area contributed by atoms with Crippen LogP contribution in [0.3, 0.4) is 0 Å². The van der Waals surface area contributed by atoms with Crippen molar-refractivity contribution >= 4 is 15.9 Å². The Labute approximate surface area is 180 Å². The van der Waals surface area contributed by atoms with Crippen LogP contribution in [0.2, 0.25) is 0 Å². The summed E-state index contributed by atoms with van der Waals surface area (Å²) < 4.78 is 32.9. The van der Waals surface area contributed by atoms with E-state index in [1.54, 1.807) is 15.4 Å². The smallest absolute Gasteiger partial charge is 0.257 e. The molecule has 1 unspecified atom stereocenters. The van der Waals surface area contributed by atoms with E-state index in [-0.39, 0.29) is 11.9 Å². The maximum atomic E-state index is 12.9. The zero-order chi connectivity index (χ0) is 21.9. The molecule has 0 spiro atoms. The van der Waals surface area contributed by atoms with E-state index >= 15 is 0 Å². The average Bonchev–Trinajstić information content (AvgIpc) is 3.35. The van der Waals surface area contributed by atoms with E-state index in [0.29, 0.717) is 31.2 Å². The van der Waals surface area contributed by atoms with E-state index in [2.05, 4.69) is 10.00 Å². The van der Waals surface area contributed by atoms with Crippen molar-refractivity contribution in [2.24, 2.45) is 0 Å². The number of sulfonamides is 1. The highest BCUT2D eigenvalue weighted by atomic mass is 32.2. The number of likely N-dealkylation sites (N-methyl/N-ethyl adjacent to an activating group) is 1. The zero-order valence-corrected chi connectivity index (χ0v) is 19.4. The van der Waals surface area contributed by atoms with Gasteiger partial charge in [0.1, 0.15) is 0 Å². The molecule has 0 aromatic carbocycles. The molecule has 3 heterocycles. The molecule has 0 radical (unpaired) electrons. The number of aromatic nitrogens is 2. The minimum atomic E-state index is -3.18. The SMILES string of the molecule is CCn1ncc(C(=O)N(C)CCN(C2CCOCC2)C2CCN(S(C)(=O)=O)C2)c1C. The first-order valence-electron chi connectivity index (χ1n) is 10.8. The predicted molar refractivity (Wildman–Crippen MR) is 115 cm³/mol. The van der Waals surface area contributed by atoms with E-state index in [9.17, 15) is 13.2 Å². The molecule has 1 amide bonds. The fraction of sp³-hybridized carbons (Fsp3) is 0.800. The summed E-state index contributed by atoms with van der Waals surface area (Å²) in [5, 5.41) is 4.28. The third-order valence-electron chi connectivity index (χ3n) is 6.40. The van der Waals surface area contributed by atoms with Crippen molar-refractivity contribution in [3.05, 3.63) is 17.5 Å². The first kappa shape index (κ1) is 23.2. The largest absolute Gasteiger partial charge is 0.381 e. The van der Waals surface area contributed by atoms with Gasteiger partial charge in [-0.05, 0) is 33.1 Å². The molecule has 2 aliphatic heterocycles. The third-order valence-corrected chi connectivity index (χ3v) is 7.67. The van der Waals surface area contributed by atoms with Crippen molar-refractivity contribution in [2.75, 3.05) is 52.7 Å². The normalized spacial score (nSPS) is 21.4. The van der Waals surface area contributed by atoms with Crippen LogP contribution in [0.1, 0.15) is 42.2 Å². The van der Waals surface area contributed by atoms with Crippen LogP contribution in [0.25, 0.3) is 0 Å². The monoisotopic (exact) mass is 441 g/mol. The molecule has 9 nitrogen and oxygen atoms in total. The quantitative estimate of drug-likeness (QED) is 0.593. The Morgan fingerprint density at radius 2 is 1.93 bits per heavy atom. The Balaban J connectivity index is 1.67. The molecule has 2 saturated heterocycles. The van der Waals surface area contributed by atoms with Crippen molar-refractivity contribution < 1.29 is 17.9 Å². The second-order valence-corrected chi connectivity index (χ2v) is 10.3. The molecule has 0 saturated carbocycles. The molecule has 0 bridgehead atoms. The number of aryl methyl sites for hydroxylation is 1. The highest BCUT2D eigenvalue weighted by Crippen LogP contribution is 2.24. The van der Waals surface area contributed by atoms with E-state index in [4.69, 9.17) is 4.74 Å². The molecule has 1 aromatic heterocycles. The van der Waals surface area contributed by atoms with Crippen LogP contribution in [0.15, 0.2) is 6.20 Å². The summed E-state index contributed by atoms with van der Waals surface area (Å²) in [5.74, 6) is -0.0247. The van der Waals surface area contributed by atoms with Gasteiger partial charge in [-0.3, -0.25) is 14.4 Å². The maximum Gasteiger partial charge on any atom is 0.257 e. The van der Waals surface area contributed by atoms with Gasteiger partial charge in [0, 0.05) is 70.8 Å². The second-order valence-electron chi connectivity index (χ2n) is 8.33. The lowest BCUT2D eigenvalue weighted by molar-refractivity contribution is 0.0157. The summed E-state index contributed by atoms with van der Waals surface area (Å²) in [7, 11) is -1.35. The number of ether oxygens (including phenoxy) is 1. The highest BCUT2D eigenvalue weighted by Gasteiger charge is 2.36. The van der Waals surface area contributed by atoms with Gasteiger partial charge in [-0.25, -0.2) is 12.7 Å². The molecule has 2 fully saturated rings. The summed E-state index contributed by atoms with van der Waals surface area (Å²) in [6, 6.07) is 0.534. The summed E-state index contributed by atoms with van der Waals surface area (Å²) in [5.41, 5.74) is 1.52. The number of carbonyl (C=O) groups excluding carboxylic acids is 1. The van der Waals surface area contributed by atoms with Crippen LogP contribution in [0.5, 0.6) is 0 Å². The number of carbonyl (C=O) groups is 1. The first-order valence-corrected chi connectivity index (χ1v) is 12.6. The van der Waals surface area contributed by atoms with Gasteiger partial charge in [-0.2, -0.15) is 5.10 Å². The number of amides is 1. The Bertz CT molecular complexity index is 834. The van der Waals surface area contributed by atoms with Gasteiger partial charge >= 0.3 is 0 Å². The third kappa shape index (κ3) is 5.22. The predicted octanol–water partition coefficient (Wildman–Crippen LogP) is 0.798. The number of hydrogen-bond donors (Lipinski definition) is 0. The molecule has 1 aromatic rings. The topological polar surface area (TPSA) is 88.0 Å². The lowest BCUT2D eigenvalue weighted by atomic mass is 10.0. The molecular weight excluding hydrogens is 406 g/mol. The van der Waals surface area contributed by atoms with Crippen molar-refractivity contribution in [2.45, 2.75) is 51.7 Å². The molecule has 170 valence electrons. The molecule has 10 heteroatoms. The van der Waals surface area contributed by atoms with Crippen molar-refractivity contribution in [1.82, 2.24) is 23.9 Å². The maximum absolute atomic E-state index is 12.9. The molecule has 0 N–H and O–H groups in total. The number of hydrogen-bond acceptors (Lipinski definition) is 6. The van der Waals surface area contributed by atoms with Gasteiger partial charge in [0.2, 0.25) is 10.0 Å². The van der Waals surface area contributed by atoms with Gasteiger partial charge in [0.05, 0.1) is 18.0 Å².